The first-order valence-corrected chi connectivity index (χ1v) is 13.6. The largest absolute Gasteiger partial charge is 0.374 e. The number of nitrogens with zero attached hydrogens (tertiary/aromatic N) is 2. The van der Waals surface area contributed by atoms with Crippen LogP contribution in [0.2, 0.25) is 0 Å². The summed E-state index contributed by atoms with van der Waals surface area (Å²) in [6.07, 6.45) is 6.23. The number of rotatable bonds is 14. The molecule has 0 aliphatic carbocycles. The third-order valence-electron chi connectivity index (χ3n) is 7.40. The van der Waals surface area contributed by atoms with Gasteiger partial charge in [-0.2, -0.15) is 0 Å². The number of anilines is 1. The molecule has 2 aromatic rings. The number of hydrogen-bond donors (Lipinski definition) is 0. The van der Waals surface area contributed by atoms with Gasteiger partial charge in [-0.3, -0.25) is 0 Å². The quantitative estimate of drug-likeness (QED) is 0.246. The van der Waals surface area contributed by atoms with Crippen molar-refractivity contribution >= 4 is 16.8 Å². The molecule has 0 saturated heterocycles. The van der Waals surface area contributed by atoms with Gasteiger partial charge in [0, 0.05) is 38.1 Å². The van der Waals surface area contributed by atoms with Crippen LogP contribution in [0.5, 0.6) is 0 Å². The first kappa shape index (κ1) is 29.2. The maximum atomic E-state index is 4.41. The van der Waals surface area contributed by atoms with Gasteiger partial charge in [0.2, 0.25) is 0 Å². The Bertz CT molecular complexity index is 1060. The van der Waals surface area contributed by atoms with E-state index in [1.807, 2.05) is 0 Å². The van der Waals surface area contributed by atoms with E-state index in [9.17, 15) is 0 Å². The van der Waals surface area contributed by atoms with Gasteiger partial charge in [0.15, 0.2) is 0 Å². The van der Waals surface area contributed by atoms with Crippen molar-refractivity contribution in [3.05, 3.63) is 101 Å². The third-order valence-corrected chi connectivity index (χ3v) is 7.40. The summed E-state index contributed by atoms with van der Waals surface area (Å²) in [5, 5.41) is 0. The van der Waals surface area contributed by atoms with E-state index in [1.165, 1.54) is 50.4 Å². The zero-order valence-electron chi connectivity index (χ0n) is 24.0. The summed E-state index contributed by atoms with van der Waals surface area (Å²) < 4.78 is 0. The smallest absolute Gasteiger partial charge is 0.0423 e. The van der Waals surface area contributed by atoms with Crippen LogP contribution in [0.4, 0.5) is 5.69 Å². The molecule has 0 atom stereocenters. The van der Waals surface area contributed by atoms with Gasteiger partial charge in [-0.25, -0.2) is 0 Å². The van der Waals surface area contributed by atoms with Crippen molar-refractivity contribution < 1.29 is 0 Å². The van der Waals surface area contributed by atoms with E-state index >= 15 is 0 Å². The molecule has 194 valence electrons. The van der Waals surface area contributed by atoms with E-state index in [2.05, 4.69) is 126 Å². The molecule has 2 rings (SSSR count). The second kappa shape index (κ2) is 14.5. The molecule has 0 unspecified atom stereocenters. The molecule has 0 fully saturated rings. The van der Waals surface area contributed by atoms with Crippen LogP contribution in [-0.4, -0.2) is 25.0 Å². The molecule has 0 aliphatic rings. The Morgan fingerprint density at radius 1 is 0.889 bits per heavy atom. The van der Waals surface area contributed by atoms with Crippen molar-refractivity contribution in [1.29, 1.82) is 0 Å². The fraction of sp³-hybridized carbons (Fsp3) is 0.412. The molecule has 2 aromatic carbocycles. The Morgan fingerprint density at radius 2 is 1.56 bits per heavy atom. The Labute approximate surface area is 221 Å². The second-order valence-electron chi connectivity index (χ2n) is 9.73. The van der Waals surface area contributed by atoms with Crippen molar-refractivity contribution in [2.45, 2.75) is 73.8 Å². The molecule has 0 heterocycles. The Kier molecular flexibility index (Phi) is 11.8. The fourth-order valence-electron chi connectivity index (χ4n) is 4.66. The number of allylic oxidation sites excluding steroid dienone is 6. The third kappa shape index (κ3) is 8.01. The molecule has 0 saturated carbocycles. The SMILES string of the molecule is C=C(CC)/C(CCCC(=C)N(C)Cc1cccc(/C(C)=C/C)c1)=C(/C)c1ccc(N(CC)CC)cc1. The molecular formula is C34H48N2. The zero-order chi connectivity index (χ0) is 26.7. The molecule has 0 radical (unpaired) electrons. The fourth-order valence-corrected chi connectivity index (χ4v) is 4.66. The van der Waals surface area contributed by atoms with E-state index in [4.69, 9.17) is 0 Å². The highest BCUT2D eigenvalue weighted by atomic mass is 15.1. The van der Waals surface area contributed by atoms with Gasteiger partial charge in [-0.1, -0.05) is 62.1 Å². The summed E-state index contributed by atoms with van der Waals surface area (Å²) in [7, 11) is 2.15. The lowest BCUT2D eigenvalue weighted by Gasteiger charge is -2.23. The molecule has 2 nitrogen and oxygen atoms in total. The minimum atomic E-state index is 0.881. The van der Waals surface area contributed by atoms with Crippen LogP contribution in [0.1, 0.15) is 83.9 Å². The summed E-state index contributed by atoms with van der Waals surface area (Å²) in [5.74, 6) is 0. The monoisotopic (exact) mass is 484 g/mol. The molecule has 0 aromatic heterocycles. The van der Waals surface area contributed by atoms with Crippen LogP contribution < -0.4 is 4.90 Å². The molecule has 0 amide bonds. The average molecular weight is 485 g/mol. The van der Waals surface area contributed by atoms with Gasteiger partial charge in [-0.15, -0.1) is 0 Å². The number of hydrogen-bond acceptors (Lipinski definition) is 2. The van der Waals surface area contributed by atoms with Crippen LogP contribution in [-0.2, 0) is 6.54 Å². The standard InChI is InChI=1S/C34H48N2/c1-10-26(5)32-18-15-17-30(24-32)25-35(9)28(7)16-14-19-34(27(6)11-2)29(8)31-20-22-33(23-21-31)36(12-3)13-4/h10,15,17-18,20-24H,6-7,11-14,16,19,25H2,1-5,8-9H3/b26-10+,34-29-. The van der Waals surface area contributed by atoms with Gasteiger partial charge >= 0.3 is 0 Å². The molecule has 0 spiro atoms. The lowest BCUT2D eigenvalue weighted by Crippen LogP contribution is -2.21. The summed E-state index contributed by atoms with van der Waals surface area (Å²) in [6.45, 7) is 24.9. The van der Waals surface area contributed by atoms with Crippen molar-refractivity contribution in [3.8, 4) is 0 Å². The normalized spacial score (nSPS) is 12.2. The summed E-state index contributed by atoms with van der Waals surface area (Å²) >= 11 is 0. The summed E-state index contributed by atoms with van der Waals surface area (Å²) in [4.78, 5) is 4.68. The van der Waals surface area contributed by atoms with E-state index < -0.39 is 0 Å². The highest BCUT2D eigenvalue weighted by molar-refractivity contribution is 5.72. The van der Waals surface area contributed by atoms with Crippen LogP contribution in [0, 0.1) is 0 Å². The summed E-state index contributed by atoms with van der Waals surface area (Å²) in [6, 6.07) is 17.9. The van der Waals surface area contributed by atoms with Crippen molar-refractivity contribution in [2.75, 3.05) is 25.0 Å². The minimum absolute atomic E-state index is 0.881. The maximum absolute atomic E-state index is 4.41. The molecular weight excluding hydrogens is 436 g/mol. The topological polar surface area (TPSA) is 6.48 Å². The van der Waals surface area contributed by atoms with E-state index in [1.54, 1.807) is 0 Å². The van der Waals surface area contributed by atoms with Crippen molar-refractivity contribution in [2.24, 2.45) is 0 Å². The second-order valence-corrected chi connectivity index (χ2v) is 9.73. The summed E-state index contributed by atoms with van der Waals surface area (Å²) in [5.41, 5.74) is 11.7. The lowest BCUT2D eigenvalue weighted by atomic mass is 9.91. The van der Waals surface area contributed by atoms with Crippen LogP contribution in [0.3, 0.4) is 0 Å². The zero-order valence-corrected chi connectivity index (χ0v) is 24.0. The Morgan fingerprint density at radius 3 is 2.14 bits per heavy atom. The minimum Gasteiger partial charge on any atom is -0.374 e. The van der Waals surface area contributed by atoms with Gasteiger partial charge in [0.25, 0.3) is 0 Å². The maximum Gasteiger partial charge on any atom is 0.0423 e. The van der Waals surface area contributed by atoms with Gasteiger partial charge in [0.1, 0.15) is 0 Å². The van der Waals surface area contributed by atoms with Crippen molar-refractivity contribution in [3.63, 3.8) is 0 Å². The van der Waals surface area contributed by atoms with Gasteiger partial charge in [-0.05, 0) is 112 Å². The molecule has 0 N–H and O–H groups in total. The predicted molar refractivity (Wildman–Crippen MR) is 162 cm³/mol. The highest BCUT2D eigenvalue weighted by Gasteiger charge is 2.11. The average Bonchev–Trinajstić information content (AvgIpc) is 2.90. The number of benzene rings is 2. The van der Waals surface area contributed by atoms with E-state index in [-0.39, 0.29) is 0 Å². The Balaban J connectivity index is 2.06. The van der Waals surface area contributed by atoms with Crippen molar-refractivity contribution in [1.82, 2.24) is 4.90 Å². The first-order valence-electron chi connectivity index (χ1n) is 13.6. The predicted octanol–water partition coefficient (Wildman–Crippen LogP) is 9.51. The Hall–Kier alpha value is -3.00. The molecule has 0 bridgehead atoms. The molecule has 0 aliphatic heterocycles. The lowest BCUT2D eigenvalue weighted by molar-refractivity contribution is 0.393. The van der Waals surface area contributed by atoms with E-state index in [0.717, 1.165) is 45.3 Å². The van der Waals surface area contributed by atoms with E-state index in [0.29, 0.717) is 0 Å². The molecule has 36 heavy (non-hydrogen) atoms. The van der Waals surface area contributed by atoms with Gasteiger partial charge in [0.05, 0.1) is 0 Å². The van der Waals surface area contributed by atoms with Crippen LogP contribution in [0.25, 0.3) is 11.1 Å². The van der Waals surface area contributed by atoms with Crippen LogP contribution >= 0.6 is 0 Å². The van der Waals surface area contributed by atoms with Crippen LogP contribution in [0.15, 0.2) is 84.6 Å². The molecule has 2 heteroatoms. The first-order chi connectivity index (χ1) is 17.2. The van der Waals surface area contributed by atoms with Gasteiger partial charge < -0.3 is 9.80 Å². The highest BCUT2D eigenvalue weighted by Crippen LogP contribution is 2.30.